The third-order valence-electron chi connectivity index (χ3n) is 5.17. The maximum Gasteiger partial charge on any atom is 0.416 e. The van der Waals surface area contributed by atoms with Crippen molar-refractivity contribution in [3.8, 4) is 0 Å². The summed E-state index contributed by atoms with van der Waals surface area (Å²) in [6.45, 7) is 5.37. The number of rotatable bonds is 6. The highest BCUT2D eigenvalue weighted by Crippen LogP contribution is 2.36. The number of ether oxygens (including phenoxy) is 1. The first-order valence-corrected chi connectivity index (χ1v) is 10.0. The van der Waals surface area contributed by atoms with Gasteiger partial charge in [0.25, 0.3) is 0 Å². The summed E-state index contributed by atoms with van der Waals surface area (Å²) in [5.74, 6) is -0.764. The van der Waals surface area contributed by atoms with Crippen LogP contribution in [-0.4, -0.2) is 38.3 Å². The van der Waals surface area contributed by atoms with E-state index in [1.54, 1.807) is 26.0 Å². The Bertz CT molecular complexity index is 897. The van der Waals surface area contributed by atoms with Crippen LogP contribution in [0, 0.1) is 5.82 Å². The number of morpholine rings is 1. The molecule has 1 aliphatic rings. The maximum absolute atomic E-state index is 13.3. The van der Waals surface area contributed by atoms with Gasteiger partial charge in [0.15, 0.2) is 0 Å². The van der Waals surface area contributed by atoms with Crippen molar-refractivity contribution in [3.05, 3.63) is 59.4 Å². The van der Waals surface area contributed by atoms with Gasteiger partial charge in [0.2, 0.25) is 5.91 Å². The van der Waals surface area contributed by atoms with Crippen molar-refractivity contribution in [1.29, 1.82) is 0 Å². The molecule has 0 spiro atoms. The molecule has 0 aliphatic carbocycles. The number of anilines is 2. The van der Waals surface area contributed by atoms with Gasteiger partial charge in [-0.1, -0.05) is 12.1 Å². The van der Waals surface area contributed by atoms with E-state index in [0.29, 0.717) is 32.0 Å². The minimum Gasteiger partial charge on any atom is -0.378 e. The molecular formula is C22H25F4N3O2. The van der Waals surface area contributed by atoms with Crippen LogP contribution >= 0.6 is 0 Å². The fraction of sp³-hybridized carbons (Fsp3) is 0.409. The molecule has 1 fully saturated rings. The molecule has 0 bridgehead atoms. The fourth-order valence-corrected chi connectivity index (χ4v) is 3.38. The Morgan fingerprint density at radius 1 is 1.06 bits per heavy atom. The van der Waals surface area contributed by atoms with E-state index in [1.165, 1.54) is 18.2 Å². The molecular weight excluding hydrogens is 414 g/mol. The van der Waals surface area contributed by atoms with Crippen molar-refractivity contribution in [2.75, 3.05) is 36.5 Å². The number of alkyl halides is 3. The number of hydrogen-bond acceptors (Lipinski definition) is 4. The van der Waals surface area contributed by atoms with Crippen molar-refractivity contribution in [1.82, 2.24) is 5.32 Å². The zero-order valence-corrected chi connectivity index (χ0v) is 17.3. The lowest BCUT2D eigenvalue weighted by atomic mass is 10.1. The summed E-state index contributed by atoms with van der Waals surface area (Å²) in [7, 11) is 0. The van der Waals surface area contributed by atoms with Crippen LogP contribution in [0.5, 0.6) is 0 Å². The van der Waals surface area contributed by atoms with Gasteiger partial charge in [-0.2, -0.15) is 13.2 Å². The second-order valence-electron chi connectivity index (χ2n) is 7.48. The lowest BCUT2D eigenvalue weighted by Crippen LogP contribution is -2.40. The summed E-state index contributed by atoms with van der Waals surface area (Å²) in [5.41, 5.74) is 0.741. The zero-order valence-electron chi connectivity index (χ0n) is 17.3. The van der Waals surface area contributed by atoms with Crippen molar-refractivity contribution in [2.24, 2.45) is 0 Å². The zero-order chi connectivity index (χ0) is 22.6. The number of nitrogens with zero attached hydrogens (tertiary/aromatic N) is 1. The Hall–Kier alpha value is -2.81. The molecule has 0 radical (unpaired) electrons. The SMILES string of the molecule is C[C@H](Nc1cc(C(F)(F)F)ccc1N1CCOCC1)C(=O)N[C@H](C)c1ccc(F)cc1. The highest BCUT2D eigenvalue weighted by atomic mass is 19.4. The average molecular weight is 439 g/mol. The largest absolute Gasteiger partial charge is 0.416 e. The summed E-state index contributed by atoms with van der Waals surface area (Å²) in [6.07, 6.45) is -4.50. The number of nitrogens with one attached hydrogen (secondary N) is 2. The molecule has 0 unspecified atom stereocenters. The Kier molecular flexibility index (Phi) is 7.04. The third kappa shape index (κ3) is 5.88. The van der Waals surface area contributed by atoms with E-state index in [1.807, 2.05) is 4.90 Å². The number of carbonyl (C=O) groups is 1. The van der Waals surface area contributed by atoms with E-state index >= 15 is 0 Å². The molecule has 2 aromatic rings. The van der Waals surface area contributed by atoms with Gasteiger partial charge in [-0.15, -0.1) is 0 Å². The van der Waals surface area contributed by atoms with Crippen molar-refractivity contribution >= 4 is 17.3 Å². The van der Waals surface area contributed by atoms with Crippen molar-refractivity contribution in [2.45, 2.75) is 32.1 Å². The highest BCUT2D eigenvalue weighted by molar-refractivity contribution is 5.86. The first-order valence-electron chi connectivity index (χ1n) is 10.0. The van der Waals surface area contributed by atoms with E-state index in [-0.39, 0.29) is 17.4 Å². The van der Waals surface area contributed by atoms with Crippen molar-refractivity contribution in [3.63, 3.8) is 0 Å². The van der Waals surface area contributed by atoms with Crippen LogP contribution in [-0.2, 0) is 15.7 Å². The van der Waals surface area contributed by atoms with Crippen LogP contribution < -0.4 is 15.5 Å². The van der Waals surface area contributed by atoms with Gasteiger partial charge in [0.1, 0.15) is 11.9 Å². The summed E-state index contributed by atoms with van der Waals surface area (Å²) < 4.78 is 58.2. The molecule has 31 heavy (non-hydrogen) atoms. The molecule has 2 N–H and O–H groups in total. The number of halogens is 4. The molecule has 9 heteroatoms. The predicted octanol–water partition coefficient (Wildman–Crippen LogP) is 4.36. The van der Waals surface area contributed by atoms with Gasteiger partial charge in [-0.25, -0.2) is 4.39 Å². The topological polar surface area (TPSA) is 53.6 Å². The quantitative estimate of drug-likeness (QED) is 0.657. The summed E-state index contributed by atoms with van der Waals surface area (Å²) in [5, 5.41) is 5.73. The second kappa shape index (κ2) is 9.55. The van der Waals surface area contributed by atoms with Crippen LogP contribution in [0.4, 0.5) is 28.9 Å². The molecule has 3 rings (SSSR count). The average Bonchev–Trinajstić information content (AvgIpc) is 2.74. The van der Waals surface area contributed by atoms with Crippen molar-refractivity contribution < 1.29 is 27.1 Å². The van der Waals surface area contributed by atoms with E-state index in [0.717, 1.165) is 17.7 Å². The molecule has 1 saturated heterocycles. The number of benzene rings is 2. The van der Waals surface area contributed by atoms with Crippen LogP contribution in [0.3, 0.4) is 0 Å². The first-order chi connectivity index (χ1) is 14.6. The molecule has 2 aromatic carbocycles. The Morgan fingerprint density at radius 2 is 1.71 bits per heavy atom. The lowest BCUT2D eigenvalue weighted by Gasteiger charge is -2.32. The van der Waals surface area contributed by atoms with Crippen LogP contribution in [0.2, 0.25) is 0 Å². The first kappa shape index (κ1) is 22.9. The lowest BCUT2D eigenvalue weighted by molar-refractivity contribution is -0.137. The van der Waals surface area contributed by atoms with E-state index < -0.39 is 23.8 Å². The minimum absolute atomic E-state index is 0.230. The summed E-state index contributed by atoms with van der Waals surface area (Å²) in [6, 6.07) is 8.04. The second-order valence-corrected chi connectivity index (χ2v) is 7.48. The van der Waals surface area contributed by atoms with Crippen LogP contribution in [0.25, 0.3) is 0 Å². The number of amides is 1. The molecule has 1 heterocycles. The maximum atomic E-state index is 13.3. The smallest absolute Gasteiger partial charge is 0.378 e. The van der Waals surface area contributed by atoms with E-state index in [9.17, 15) is 22.4 Å². The van der Waals surface area contributed by atoms with Gasteiger partial charge >= 0.3 is 6.18 Å². The van der Waals surface area contributed by atoms with E-state index in [2.05, 4.69) is 10.6 Å². The number of carbonyl (C=O) groups excluding carboxylic acids is 1. The molecule has 2 atom stereocenters. The number of hydrogen-bond donors (Lipinski definition) is 2. The summed E-state index contributed by atoms with van der Waals surface area (Å²) in [4.78, 5) is 14.6. The van der Waals surface area contributed by atoms with E-state index in [4.69, 9.17) is 4.74 Å². The third-order valence-corrected chi connectivity index (χ3v) is 5.17. The Morgan fingerprint density at radius 3 is 2.32 bits per heavy atom. The van der Waals surface area contributed by atoms with Crippen LogP contribution in [0.1, 0.15) is 31.0 Å². The standard InChI is InChI=1S/C22H25F4N3O2/c1-14(16-3-6-18(23)7-4-16)28-21(30)15(2)27-19-13-17(22(24,25)26)5-8-20(19)29-9-11-31-12-10-29/h3-8,13-15,27H,9-12H2,1-2H3,(H,28,30)/t14-,15+/m1/s1. The Labute approximate surface area is 178 Å². The fourth-order valence-electron chi connectivity index (χ4n) is 3.38. The Balaban J connectivity index is 1.76. The molecule has 1 amide bonds. The van der Waals surface area contributed by atoms with Gasteiger partial charge in [-0.3, -0.25) is 4.79 Å². The molecule has 0 aromatic heterocycles. The van der Waals surface area contributed by atoms with Gasteiger partial charge in [-0.05, 0) is 49.7 Å². The normalized spacial score (nSPS) is 16.5. The molecule has 1 aliphatic heterocycles. The monoisotopic (exact) mass is 439 g/mol. The predicted molar refractivity (Wildman–Crippen MR) is 111 cm³/mol. The highest BCUT2D eigenvalue weighted by Gasteiger charge is 2.32. The van der Waals surface area contributed by atoms with Gasteiger partial charge < -0.3 is 20.3 Å². The summed E-state index contributed by atoms with van der Waals surface area (Å²) >= 11 is 0. The minimum atomic E-state index is -4.50. The molecule has 5 nitrogen and oxygen atoms in total. The molecule has 168 valence electrons. The van der Waals surface area contributed by atoms with Gasteiger partial charge in [0.05, 0.1) is 36.2 Å². The molecule has 0 saturated carbocycles. The van der Waals surface area contributed by atoms with Crippen LogP contribution in [0.15, 0.2) is 42.5 Å². The van der Waals surface area contributed by atoms with Gasteiger partial charge in [0, 0.05) is 13.1 Å².